The molecule has 0 aliphatic rings. The Kier molecular flexibility index (Phi) is 6.42. The first-order valence-corrected chi connectivity index (χ1v) is 6.28. The number of nitriles is 1. The quantitative estimate of drug-likeness (QED) is 0.695. The van der Waals surface area contributed by atoms with Crippen LogP contribution in [-0.2, 0) is 16.1 Å². The van der Waals surface area contributed by atoms with Crippen LogP contribution in [0.15, 0.2) is 18.2 Å². The summed E-state index contributed by atoms with van der Waals surface area (Å²) >= 11 is 0. The third-order valence-electron chi connectivity index (χ3n) is 2.55. The number of hydrogen-bond acceptors (Lipinski definition) is 3. The van der Waals surface area contributed by atoms with Gasteiger partial charge >= 0.3 is 0 Å². The average Bonchev–Trinajstić information content (AvgIpc) is 2.34. The second kappa shape index (κ2) is 7.86. The lowest BCUT2D eigenvalue weighted by Crippen LogP contribution is -2.08. The molecule has 0 saturated carbocycles. The van der Waals surface area contributed by atoms with Gasteiger partial charge in [0.25, 0.3) is 0 Å². The summed E-state index contributed by atoms with van der Waals surface area (Å²) in [6.45, 7) is 8.83. The summed E-state index contributed by atoms with van der Waals surface area (Å²) in [6, 6.07) is 7.78. The maximum Gasteiger partial charge on any atom is 0.0991 e. The first-order valence-electron chi connectivity index (χ1n) is 6.28. The minimum absolute atomic E-state index is 0.561. The monoisotopic (exact) mass is 247 g/mol. The third kappa shape index (κ3) is 5.31. The second-order valence-electron chi connectivity index (χ2n) is 4.77. The fourth-order valence-corrected chi connectivity index (χ4v) is 1.55. The SMILES string of the molecule is Cc1cc(C#N)ccc1COCCOCC(C)C. The van der Waals surface area contributed by atoms with Gasteiger partial charge in [0, 0.05) is 6.61 Å². The summed E-state index contributed by atoms with van der Waals surface area (Å²) < 4.78 is 11.0. The number of aryl methyl sites for hydroxylation is 1. The minimum atomic E-state index is 0.561. The van der Waals surface area contributed by atoms with Gasteiger partial charge < -0.3 is 9.47 Å². The Morgan fingerprint density at radius 1 is 1.22 bits per heavy atom. The normalized spacial score (nSPS) is 10.6. The van der Waals surface area contributed by atoms with Crippen LogP contribution in [0.3, 0.4) is 0 Å². The molecule has 0 heterocycles. The van der Waals surface area contributed by atoms with E-state index >= 15 is 0 Å². The van der Waals surface area contributed by atoms with E-state index < -0.39 is 0 Å². The Hall–Kier alpha value is -1.37. The van der Waals surface area contributed by atoms with Crippen LogP contribution in [0.25, 0.3) is 0 Å². The highest BCUT2D eigenvalue weighted by Gasteiger charge is 2.00. The molecule has 0 spiro atoms. The van der Waals surface area contributed by atoms with Crippen molar-refractivity contribution in [3.8, 4) is 6.07 Å². The van der Waals surface area contributed by atoms with E-state index in [2.05, 4.69) is 19.9 Å². The molecule has 0 aromatic heterocycles. The highest BCUT2D eigenvalue weighted by molar-refractivity contribution is 5.37. The van der Waals surface area contributed by atoms with Gasteiger partial charge in [-0.25, -0.2) is 0 Å². The van der Waals surface area contributed by atoms with Gasteiger partial charge in [-0.15, -0.1) is 0 Å². The zero-order chi connectivity index (χ0) is 13.4. The maximum absolute atomic E-state index is 8.77. The molecule has 0 atom stereocenters. The Morgan fingerprint density at radius 2 is 1.94 bits per heavy atom. The van der Waals surface area contributed by atoms with Crippen LogP contribution < -0.4 is 0 Å². The summed E-state index contributed by atoms with van der Waals surface area (Å²) in [4.78, 5) is 0. The Labute approximate surface area is 109 Å². The average molecular weight is 247 g/mol. The van der Waals surface area contributed by atoms with Crippen molar-refractivity contribution in [1.82, 2.24) is 0 Å². The third-order valence-corrected chi connectivity index (χ3v) is 2.55. The Morgan fingerprint density at radius 3 is 2.56 bits per heavy atom. The van der Waals surface area contributed by atoms with Gasteiger partial charge in [0.05, 0.1) is 31.5 Å². The van der Waals surface area contributed by atoms with Crippen molar-refractivity contribution in [2.75, 3.05) is 19.8 Å². The molecule has 0 bridgehead atoms. The lowest BCUT2D eigenvalue weighted by atomic mass is 10.1. The van der Waals surface area contributed by atoms with Crippen LogP contribution >= 0.6 is 0 Å². The molecule has 18 heavy (non-hydrogen) atoms. The van der Waals surface area contributed by atoms with Crippen molar-refractivity contribution in [3.63, 3.8) is 0 Å². The number of hydrogen-bond donors (Lipinski definition) is 0. The van der Waals surface area contributed by atoms with Crippen molar-refractivity contribution >= 4 is 0 Å². The molecule has 0 radical (unpaired) electrons. The van der Waals surface area contributed by atoms with Crippen LogP contribution in [0, 0.1) is 24.2 Å². The molecular formula is C15H21NO2. The summed E-state index contributed by atoms with van der Waals surface area (Å²) in [5.41, 5.74) is 2.91. The first kappa shape index (κ1) is 14.7. The van der Waals surface area contributed by atoms with E-state index in [4.69, 9.17) is 14.7 Å². The van der Waals surface area contributed by atoms with Gasteiger partial charge in [0.15, 0.2) is 0 Å². The highest BCUT2D eigenvalue weighted by Crippen LogP contribution is 2.11. The van der Waals surface area contributed by atoms with Crippen molar-refractivity contribution in [1.29, 1.82) is 5.26 Å². The summed E-state index contributed by atoms with van der Waals surface area (Å²) in [5.74, 6) is 0.561. The zero-order valence-corrected chi connectivity index (χ0v) is 11.4. The molecule has 0 aliphatic heterocycles. The molecule has 98 valence electrons. The topological polar surface area (TPSA) is 42.2 Å². The smallest absolute Gasteiger partial charge is 0.0991 e. The van der Waals surface area contributed by atoms with E-state index in [0.29, 0.717) is 31.3 Å². The van der Waals surface area contributed by atoms with Crippen molar-refractivity contribution in [3.05, 3.63) is 34.9 Å². The molecule has 0 aliphatic carbocycles. The molecule has 1 aromatic carbocycles. The summed E-state index contributed by atoms with van der Waals surface area (Å²) in [7, 11) is 0. The standard InChI is InChI=1S/C15H21NO2/c1-12(2)10-17-6-7-18-11-15-5-4-14(9-16)8-13(15)3/h4-5,8,12H,6-7,10-11H2,1-3H3. The lowest BCUT2D eigenvalue weighted by Gasteiger charge is -2.09. The van der Waals surface area contributed by atoms with Gasteiger partial charge in [-0.3, -0.25) is 0 Å². The molecular weight excluding hydrogens is 226 g/mol. The second-order valence-corrected chi connectivity index (χ2v) is 4.77. The molecule has 0 amide bonds. The molecule has 0 unspecified atom stereocenters. The van der Waals surface area contributed by atoms with Gasteiger partial charge in [-0.05, 0) is 36.1 Å². The fourth-order valence-electron chi connectivity index (χ4n) is 1.55. The Balaban J connectivity index is 2.25. The fraction of sp³-hybridized carbons (Fsp3) is 0.533. The molecule has 0 fully saturated rings. The van der Waals surface area contributed by atoms with E-state index in [0.717, 1.165) is 17.7 Å². The highest BCUT2D eigenvalue weighted by atomic mass is 16.5. The van der Waals surface area contributed by atoms with E-state index in [1.54, 1.807) is 0 Å². The van der Waals surface area contributed by atoms with E-state index in [9.17, 15) is 0 Å². The van der Waals surface area contributed by atoms with Crippen molar-refractivity contribution in [2.45, 2.75) is 27.4 Å². The van der Waals surface area contributed by atoms with Crippen LogP contribution in [0.4, 0.5) is 0 Å². The summed E-state index contributed by atoms with van der Waals surface area (Å²) in [6.07, 6.45) is 0. The predicted octanol–water partition coefficient (Wildman–Crippen LogP) is 3.06. The molecule has 3 heteroatoms. The van der Waals surface area contributed by atoms with Gasteiger partial charge in [-0.2, -0.15) is 5.26 Å². The van der Waals surface area contributed by atoms with Gasteiger partial charge in [0.2, 0.25) is 0 Å². The van der Waals surface area contributed by atoms with E-state index in [-0.39, 0.29) is 0 Å². The number of ether oxygens (including phenoxy) is 2. The predicted molar refractivity (Wildman–Crippen MR) is 71.2 cm³/mol. The number of benzene rings is 1. The van der Waals surface area contributed by atoms with E-state index in [1.165, 1.54) is 0 Å². The van der Waals surface area contributed by atoms with Crippen molar-refractivity contribution in [2.24, 2.45) is 5.92 Å². The van der Waals surface area contributed by atoms with Gasteiger partial charge in [0.1, 0.15) is 0 Å². The molecule has 0 N–H and O–H groups in total. The largest absolute Gasteiger partial charge is 0.379 e. The van der Waals surface area contributed by atoms with E-state index in [1.807, 2.05) is 25.1 Å². The zero-order valence-electron chi connectivity index (χ0n) is 11.4. The maximum atomic E-state index is 8.77. The minimum Gasteiger partial charge on any atom is -0.379 e. The van der Waals surface area contributed by atoms with Crippen molar-refractivity contribution < 1.29 is 9.47 Å². The Bertz CT molecular complexity index is 407. The van der Waals surface area contributed by atoms with Crippen LogP contribution in [-0.4, -0.2) is 19.8 Å². The van der Waals surface area contributed by atoms with Gasteiger partial charge in [-0.1, -0.05) is 19.9 Å². The number of nitrogens with zero attached hydrogens (tertiary/aromatic N) is 1. The van der Waals surface area contributed by atoms with Crippen LogP contribution in [0.1, 0.15) is 30.5 Å². The van der Waals surface area contributed by atoms with Crippen LogP contribution in [0.5, 0.6) is 0 Å². The molecule has 1 aromatic rings. The molecule has 1 rings (SSSR count). The van der Waals surface area contributed by atoms with Crippen LogP contribution in [0.2, 0.25) is 0 Å². The lowest BCUT2D eigenvalue weighted by molar-refractivity contribution is 0.0313. The first-order chi connectivity index (χ1) is 8.63. The summed E-state index contributed by atoms with van der Waals surface area (Å²) in [5, 5.41) is 8.77. The number of rotatable bonds is 7. The molecule has 0 saturated heterocycles. The molecule has 3 nitrogen and oxygen atoms in total.